The average Bonchev–Trinajstić information content (AvgIpc) is 2.29. The second-order valence-electron chi connectivity index (χ2n) is 3.84. The molecule has 1 rings (SSSR count). The second kappa shape index (κ2) is 6.80. The van der Waals surface area contributed by atoms with Crippen LogP contribution < -0.4 is 4.72 Å². The lowest BCUT2D eigenvalue weighted by molar-refractivity contribution is 0.154. The summed E-state index contributed by atoms with van der Waals surface area (Å²) >= 11 is 1.60. The van der Waals surface area contributed by atoms with E-state index in [9.17, 15) is 8.42 Å². The summed E-state index contributed by atoms with van der Waals surface area (Å²) in [5, 5.41) is 9.16. The maximum Gasteiger partial charge on any atom is 0.279 e. The van der Waals surface area contributed by atoms with Crippen molar-refractivity contribution in [1.82, 2.24) is 9.03 Å². The van der Waals surface area contributed by atoms with E-state index in [4.69, 9.17) is 5.11 Å². The quantitative estimate of drug-likeness (QED) is 0.667. The SMILES string of the molecule is CSCCNS(=O)(=O)N1CCCCC1CO. The van der Waals surface area contributed by atoms with Crippen molar-refractivity contribution < 1.29 is 13.5 Å². The van der Waals surface area contributed by atoms with Crippen LogP contribution in [0.3, 0.4) is 0 Å². The number of piperidine rings is 1. The molecule has 7 heteroatoms. The first-order chi connectivity index (χ1) is 7.61. The number of aliphatic hydroxyl groups is 1. The van der Waals surface area contributed by atoms with Crippen LogP contribution >= 0.6 is 11.8 Å². The molecule has 5 nitrogen and oxygen atoms in total. The van der Waals surface area contributed by atoms with Gasteiger partial charge in [-0.05, 0) is 19.1 Å². The lowest BCUT2D eigenvalue weighted by Gasteiger charge is -2.33. The minimum atomic E-state index is -3.41. The van der Waals surface area contributed by atoms with E-state index in [-0.39, 0.29) is 12.6 Å². The fourth-order valence-corrected chi connectivity index (χ4v) is 3.72. The van der Waals surface area contributed by atoms with Crippen LogP contribution in [0.2, 0.25) is 0 Å². The number of nitrogens with zero attached hydrogens (tertiary/aromatic N) is 1. The molecular weight excluding hydrogens is 248 g/mol. The molecule has 0 radical (unpaired) electrons. The van der Waals surface area contributed by atoms with Gasteiger partial charge < -0.3 is 5.11 Å². The zero-order chi connectivity index (χ0) is 12.0. The zero-order valence-corrected chi connectivity index (χ0v) is 11.2. The summed E-state index contributed by atoms with van der Waals surface area (Å²) in [7, 11) is -3.41. The summed E-state index contributed by atoms with van der Waals surface area (Å²) in [5.41, 5.74) is 0. The minimum Gasteiger partial charge on any atom is -0.395 e. The second-order valence-corrected chi connectivity index (χ2v) is 6.53. The standard InChI is InChI=1S/C9H20N2O3S2/c1-15-7-5-10-16(13,14)11-6-3-2-4-9(11)8-12/h9-10,12H,2-8H2,1H3. The monoisotopic (exact) mass is 268 g/mol. The van der Waals surface area contributed by atoms with Crippen molar-refractivity contribution in [2.24, 2.45) is 0 Å². The van der Waals surface area contributed by atoms with Crippen LogP contribution in [0.15, 0.2) is 0 Å². The third-order valence-corrected chi connectivity index (χ3v) is 4.96. The number of aliphatic hydroxyl groups excluding tert-OH is 1. The summed E-state index contributed by atoms with van der Waals surface area (Å²) in [5.74, 6) is 0.761. The molecule has 0 aromatic rings. The third kappa shape index (κ3) is 3.89. The molecular formula is C9H20N2O3S2. The van der Waals surface area contributed by atoms with E-state index >= 15 is 0 Å². The van der Waals surface area contributed by atoms with Crippen LogP contribution in [-0.2, 0) is 10.2 Å². The Labute approximate surface area is 102 Å². The molecule has 1 aliphatic rings. The van der Waals surface area contributed by atoms with Crippen molar-refractivity contribution >= 4 is 22.0 Å². The molecule has 1 fully saturated rings. The van der Waals surface area contributed by atoms with Gasteiger partial charge in [0.2, 0.25) is 0 Å². The number of rotatable bonds is 6. The third-order valence-electron chi connectivity index (χ3n) is 2.68. The molecule has 1 heterocycles. The number of thioether (sulfide) groups is 1. The number of hydrogen-bond donors (Lipinski definition) is 2. The van der Waals surface area contributed by atoms with Gasteiger partial charge in [-0.3, -0.25) is 0 Å². The van der Waals surface area contributed by atoms with Gasteiger partial charge in [0.05, 0.1) is 6.61 Å². The largest absolute Gasteiger partial charge is 0.395 e. The summed E-state index contributed by atoms with van der Waals surface area (Å²) in [6, 6.07) is -0.250. The van der Waals surface area contributed by atoms with E-state index in [1.165, 1.54) is 4.31 Å². The van der Waals surface area contributed by atoms with Crippen molar-refractivity contribution in [3.8, 4) is 0 Å². The Hall–Kier alpha value is 0.180. The Bertz CT molecular complexity index is 295. The van der Waals surface area contributed by atoms with Crippen molar-refractivity contribution in [1.29, 1.82) is 0 Å². The zero-order valence-electron chi connectivity index (χ0n) is 9.55. The van der Waals surface area contributed by atoms with Crippen LogP contribution in [0.1, 0.15) is 19.3 Å². The molecule has 0 bridgehead atoms. The maximum atomic E-state index is 11.9. The van der Waals surface area contributed by atoms with Gasteiger partial charge in [0.25, 0.3) is 10.2 Å². The summed E-state index contributed by atoms with van der Waals surface area (Å²) in [4.78, 5) is 0. The molecule has 1 aliphatic heterocycles. The fraction of sp³-hybridized carbons (Fsp3) is 1.00. The van der Waals surface area contributed by atoms with Gasteiger partial charge in [0.15, 0.2) is 0 Å². The van der Waals surface area contributed by atoms with Crippen molar-refractivity contribution in [2.45, 2.75) is 25.3 Å². The summed E-state index contributed by atoms with van der Waals surface area (Å²) < 4.78 is 27.8. The normalized spacial score (nSPS) is 23.5. The highest BCUT2D eigenvalue weighted by atomic mass is 32.2. The molecule has 1 saturated heterocycles. The van der Waals surface area contributed by atoms with Crippen molar-refractivity contribution in [3.05, 3.63) is 0 Å². The van der Waals surface area contributed by atoms with Gasteiger partial charge in [0, 0.05) is 24.9 Å². The fourth-order valence-electron chi connectivity index (χ4n) is 1.83. The van der Waals surface area contributed by atoms with Gasteiger partial charge in [-0.2, -0.15) is 24.5 Å². The Balaban J connectivity index is 2.57. The van der Waals surface area contributed by atoms with E-state index in [0.29, 0.717) is 13.1 Å². The van der Waals surface area contributed by atoms with E-state index in [1.807, 2.05) is 6.26 Å². The predicted octanol–water partition coefficient (Wildman–Crippen LogP) is 0.0306. The number of nitrogens with one attached hydrogen (secondary N) is 1. The van der Waals surface area contributed by atoms with Crippen LogP contribution in [-0.4, -0.2) is 55.6 Å². The topological polar surface area (TPSA) is 69.6 Å². The first kappa shape index (κ1) is 14.2. The van der Waals surface area contributed by atoms with Gasteiger partial charge in [-0.25, -0.2) is 4.72 Å². The van der Waals surface area contributed by atoms with E-state index in [1.54, 1.807) is 11.8 Å². The molecule has 96 valence electrons. The van der Waals surface area contributed by atoms with E-state index in [2.05, 4.69) is 4.72 Å². The highest BCUT2D eigenvalue weighted by Crippen LogP contribution is 2.19. The van der Waals surface area contributed by atoms with Gasteiger partial charge in [-0.15, -0.1) is 0 Å². The van der Waals surface area contributed by atoms with Crippen molar-refractivity contribution in [3.63, 3.8) is 0 Å². The molecule has 0 aromatic carbocycles. The lowest BCUT2D eigenvalue weighted by Crippen LogP contribution is -2.50. The average molecular weight is 268 g/mol. The first-order valence-corrected chi connectivity index (χ1v) is 8.31. The smallest absolute Gasteiger partial charge is 0.279 e. The van der Waals surface area contributed by atoms with Crippen LogP contribution in [0.5, 0.6) is 0 Å². The van der Waals surface area contributed by atoms with Gasteiger partial charge in [0.1, 0.15) is 0 Å². The molecule has 0 aromatic heterocycles. The molecule has 0 saturated carbocycles. The molecule has 0 spiro atoms. The number of hydrogen-bond acceptors (Lipinski definition) is 4. The van der Waals surface area contributed by atoms with Crippen molar-refractivity contribution in [2.75, 3.05) is 31.7 Å². The van der Waals surface area contributed by atoms with E-state index < -0.39 is 10.2 Å². The predicted molar refractivity (Wildman–Crippen MR) is 66.7 cm³/mol. The molecule has 0 amide bonds. The van der Waals surface area contributed by atoms with Crippen LogP contribution in [0, 0.1) is 0 Å². The molecule has 1 atom stereocenters. The van der Waals surface area contributed by atoms with E-state index in [0.717, 1.165) is 25.0 Å². The van der Waals surface area contributed by atoms with Gasteiger partial charge >= 0.3 is 0 Å². The molecule has 2 N–H and O–H groups in total. The Morgan fingerprint density at radius 1 is 1.50 bits per heavy atom. The Morgan fingerprint density at radius 3 is 2.88 bits per heavy atom. The molecule has 0 aliphatic carbocycles. The minimum absolute atomic E-state index is 0.0938. The lowest BCUT2D eigenvalue weighted by atomic mass is 10.1. The van der Waals surface area contributed by atoms with Gasteiger partial charge in [-0.1, -0.05) is 6.42 Å². The highest BCUT2D eigenvalue weighted by molar-refractivity contribution is 7.98. The van der Waals surface area contributed by atoms with Crippen LogP contribution in [0.4, 0.5) is 0 Å². The highest BCUT2D eigenvalue weighted by Gasteiger charge is 2.31. The molecule has 1 unspecified atom stereocenters. The van der Waals surface area contributed by atoms with Crippen LogP contribution in [0.25, 0.3) is 0 Å². The first-order valence-electron chi connectivity index (χ1n) is 5.48. The molecule has 16 heavy (non-hydrogen) atoms. The summed E-state index contributed by atoms with van der Waals surface area (Å²) in [6.07, 6.45) is 4.55. The maximum absolute atomic E-state index is 11.9. The Kier molecular flexibility index (Phi) is 6.06. The Morgan fingerprint density at radius 2 is 2.25 bits per heavy atom. The summed E-state index contributed by atoms with van der Waals surface area (Å²) in [6.45, 7) is 0.863.